The van der Waals surface area contributed by atoms with E-state index in [1.165, 1.54) is 0 Å². The van der Waals surface area contributed by atoms with Crippen LogP contribution in [0.1, 0.15) is 18.9 Å². The van der Waals surface area contributed by atoms with E-state index < -0.39 is 4.08 Å². The van der Waals surface area contributed by atoms with Gasteiger partial charge in [0.2, 0.25) is 0 Å². The summed E-state index contributed by atoms with van der Waals surface area (Å²) >= 11 is 10.5. The van der Waals surface area contributed by atoms with E-state index in [2.05, 4.69) is 25.3 Å². The minimum Gasteiger partial charge on any atom is -0.398 e. The van der Waals surface area contributed by atoms with Crippen molar-refractivity contribution in [3.8, 4) is 0 Å². The molecule has 15 heavy (non-hydrogen) atoms. The van der Waals surface area contributed by atoms with Gasteiger partial charge in [-0.3, -0.25) is 0 Å². The summed E-state index contributed by atoms with van der Waals surface area (Å²) in [6.45, 7) is 2.02. The zero-order valence-corrected chi connectivity index (χ0v) is 11.4. The van der Waals surface area contributed by atoms with Gasteiger partial charge >= 0.3 is 0 Å². The Hall–Kier alpha value is -0.130. The largest absolute Gasteiger partial charge is 0.398 e. The molecule has 1 aromatic rings. The number of nitrogens with two attached hydrogens (primary N) is 2. The molecule has 0 saturated carbocycles. The predicted octanol–water partition coefficient (Wildman–Crippen LogP) is 3.00. The number of thioether (sulfide) groups is 1. The van der Waals surface area contributed by atoms with Crippen LogP contribution in [0.25, 0.3) is 0 Å². The number of hydrogen-bond donors (Lipinski definition) is 4. The van der Waals surface area contributed by atoms with Gasteiger partial charge in [-0.2, -0.15) is 25.3 Å². The van der Waals surface area contributed by atoms with Crippen LogP contribution in [0.5, 0.6) is 0 Å². The van der Waals surface area contributed by atoms with Gasteiger partial charge in [-0.15, -0.1) is 11.8 Å². The third-order valence-corrected chi connectivity index (χ3v) is 4.33. The first-order chi connectivity index (χ1) is 6.94. The zero-order chi connectivity index (χ0) is 11.6. The lowest BCUT2D eigenvalue weighted by Gasteiger charge is -2.24. The molecule has 84 valence electrons. The Morgan fingerprint density at radius 1 is 1.33 bits per heavy atom. The van der Waals surface area contributed by atoms with Crippen molar-refractivity contribution in [3.63, 3.8) is 0 Å². The first kappa shape index (κ1) is 12.9. The average molecular weight is 260 g/mol. The molecule has 0 aliphatic carbocycles. The van der Waals surface area contributed by atoms with Gasteiger partial charge in [0.25, 0.3) is 0 Å². The van der Waals surface area contributed by atoms with E-state index in [1.807, 2.05) is 25.3 Å². The molecule has 0 aromatic heterocycles. The standard InChI is InChI=1S/C10H16N2S3/c1-3-10(13,14)6-4-5-7(11)9(15-2)8(6)12/h4-5,13-14H,3,11-12H2,1-2H3. The summed E-state index contributed by atoms with van der Waals surface area (Å²) in [5.74, 6) is 0. The van der Waals surface area contributed by atoms with Crippen LogP contribution in [0, 0.1) is 0 Å². The monoisotopic (exact) mass is 260 g/mol. The fraction of sp³-hybridized carbons (Fsp3) is 0.400. The van der Waals surface area contributed by atoms with Crippen molar-refractivity contribution in [1.82, 2.24) is 0 Å². The highest BCUT2D eigenvalue weighted by Crippen LogP contribution is 2.43. The number of nitrogen functional groups attached to an aromatic ring is 2. The fourth-order valence-electron chi connectivity index (χ4n) is 1.38. The number of benzene rings is 1. The molecule has 0 saturated heterocycles. The molecule has 0 bridgehead atoms. The molecule has 1 rings (SSSR count). The van der Waals surface area contributed by atoms with Gasteiger partial charge in [0, 0.05) is 11.3 Å². The van der Waals surface area contributed by atoms with Crippen LogP contribution >= 0.6 is 37.0 Å². The number of anilines is 2. The molecule has 2 nitrogen and oxygen atoms in total. The van der Waals surface area contributed by atoms with E-state index in [9.17, 15) is 0 Å². The van der Waals surface area contributed by atoms with Crippen molar-refractivity contribution >= 4 is 48.4 Å². The van der Waals surface area contributed by atoms with E-state index in [1.54, 1.807) is 11.8 Å². The van der Waals surface area contributed by atoms with Crippen LogP contribution in [0.15, 0.2) is 17.0 Å². The molecule has 0 amide bonds. The molecular weight excluding hydrogens is 244 g/mol. The Balaban J connectivity index is 3.34. The molecule has 1 aromatic carbocycles. The van der Waals surface area contributed by atoms with E-state index >= 15 is 0 Å². The lowest BCUT2D eigenvalue weighted by Crippen LogP contribution is -2.13. The van der Waals surface area contributed by atoms with Crippen LogP contribution in [-0.2, 0) is 4.08 Å². The van der Waals surface area contributed by atoms with Gasteiger partial charge < -0.3 is 11.5 Å². The highest BCUT2D eigenvalue weighted by atomic mass is 32.2. The fourth-order valence-corrected chi connectivity index (χ4v) is 2.41. The summed E-state index contributed by atoms with van der Waals surface area (Å²) in [5, 5.41) is 0. The second kappa shape index (κ2) is 4.80. The van der Waals surface area contributed by atoms with Gasteiger partial charge in [-0.05, 0) is 18.7 Å². The molecule has 0 radical (unpaired) electrons. The minimum absolute atomic E-state index is 0.498. The number of hydrogen-bond acceptors (Lipinski definition) is 5. The molecule has 5 heteroatoms. The molecule has 0 aliphatic rings. The molecular formula is C10H16N2S3. The first-order valence-corrected chi connectivity index (χ1v) is 6.73. The second-order valence-corrected chi connectivity index (χ2v) is 6.02. The Kier molecular flexibility index (Phi) is 4.14. The quantitative estimate of drug-likeness (QED) is 0.292. The van der Waals surface area contributed by atoms with Crippen LogP contribution in [0.4, 0.5) is 11.4 Å². The third kappa shape index (κ3) is 2.52. The van der Waals surface area contributed by atoms with E-state index in [0.29, 0.717) is 11.4 Å². The van der Waals surface area contributed by atoms with E-state index in [0.717, 1.165) is 16.9 Å². The Bertz CT molecular complexity index is 364. The molecule has 0 atom stereocenters. The van der Waals surface area contributed by atoms with Crippen molar-refractivity contribution in [2.45, 2.75) is 22.3 Å². The normalized spacial score (nSPS) is 11.7. The topological polar surface area (TPSA) is 52.0 Å². The first-order valence-electron chi connectivity index (χ1n) is 4.61. The van der Waals surface area contributed by atoms with Crippen LogP contribution < -0.4 is 11.5 Å². The molecule has 0 fully saturated rings. The highest BCUT2D eigenvalue weighted by molar-refractivity contribution is 8.00. The molecule has 0 spiro atoms. The van der Waals surface area contributed by atoms with E-state index in [4.69, 9.17) is 11.5 Å². The summed E-state index contributed by atoms with van der Waals surface area (Å²) in [6.07, 6.45) is 2.75. The van der Waals surface area contributed by atoms with Crippen LogP contribution in [0.3, 0.4) is 0 Å². The molecule has 0 unspecified atom stereocenters. The van der Waals surface area contributed by atoms with Crippen molar-refractivity contribution < 1.29 is 0 Å². The Morgan fingerprint density at radius 3 is 2.40 bits per heavy atom. The van der Waals surface area contributed by atoms with Crippen LogP contribution in [0.2, 0.25) is 0 Å². The lowest BCUT2D eigenvalue weighted by atomic mass is 10.1. The summed E-state index contributed by atoms with van der Waals surface area (Å²) < 4.78 is -0.498. The summed E-state index contributed by atoms with van der Waals surface area (Å²) in [6, 6.07) is 3.75. The maximum atomic E-state index is 6.06. The van der Waals surface area contributed by atoms with Gasteiger partial charge in [-0.1, -0.05) is 13.0 Å². The number of rotatable bonds is 3. The maximum Gasteiger partial charge on any atom is 0.0819 e. The average Bonchev–Trinajstić information content (AvgIpc) is 2.18. The van der Waals surface area contributed by atoms with Crippen molar-refractivity contribution in [2.75, 3.05) is 17.7 Å². The zero-order valence-electron chi connectivity index (χ0n) is 8.82. The van der Waals surface area contributed by atoms with E-state index in [-0.39, 0.29) is 0 Å². The number of thiol groups is 2. The van der Waals surface area contributed by atoms with Crippen molar-refractivity contribution in [3.05, 3.63) is 17.7 Å². The van der Waals surface area contributed by atoms with Gasteiger partial charge in [0.1, 0.15) is 0 Å². The third-order valence-electron chi connectivity index (χ3n) is 2.36. The van der Waals surface area contributed by atoms with Gasteiger partial charge in [-0.25, -0.2) is 0 Å². The maximum absolute atomic E-state index is 6.06. The molecule has 0 heterocycles. The summed E-state index contributed by atoms with van der Waals surface area (Å²) in [7, 11) is 0. The highest BCUT2D eigenvalue weighted by Gasteiger charge is 2.24. The Morgan fingerprint density at radius 2 is 1.93 bits per heavy atom. The summed E-state index contributed by atoms with van der Waals surface area (Å²) in [5.41, 5.74) is 14.2. The second-order valence-electron chi connectivity index (χ2n) is 3.32. The van der Waals surface area contributed by atoms with Crippen molar-refractivity contribution in [2.24, 2.45) is 0 Å². The Labute approximate surface area is 106 Å². The smallest absolute Gasteiger partial charge is 0.0819 e. The minimum atomic E-state index is -0.498. The molecule has 0 aliphatic heterocycles. The van der Waals surface area contributed by atoms with Gasteiger partial charge in [0.05, 0.1) is 14.7 Å². The predicted molar refractivity (Wildman–Crippen MR) is 77.0 cm³/mol. The van der Waals surface area contributed by atoms with Crippen molar-refractivity contribution in [1.29, 1.82) is 0 Å². The van der Waals surface area contributed by atoms with Crippen LogP contribution in [-0.4, -0.2) is 6.26 Å². The lowest BCUT2D eigenvalue weighted by molar-refractivity contribution is 0.845. The van der Waals surface area contributed by atoms with Gasteiger partial charge in [0.15, 0.2) is 0 Å². The molecule has 4 N–H and O–H groups in total. The summed E-state index contributed by atoms with van der Waals surface area (Å²) in [4.78, 5) is 0.911. The SMILES string of the molecule is CCC(S)(S)c1ccc(N)c(SC)c1N.